The van der Waals surface area contributed by atoms with Gasteiger partial charge in [0.15, 0.2) is 11.5 Å². The van der Waals surface area contributed by atoms with E-state index in [2.05, 4.69) is 12.1 Å². The summed E-state index contributed by atoms with van der Waals surface area (Å²) in [7, 11) is 3.22. The van der Waals surface area contributed by atoms with E-state index in [1.54, 1.807) is 14.2 Å². The fourth-order valence-electron chi connectivity index (χ4n) is 3.02. The summed E-state index contributed by atoms with van der Waals surface area (Å²) >= 11 is 0. The van der Waals surface area contributed by atoms with E-state index in [1.807, 2.05) is 36.4 Å². The molecule has 3 rings (SSSR count). The third kappa shape index (κ3) is 2.61. The second kappa shape index (κ2) is 5.78. The van der Waals surface area contributed by atoms with E-state index in [0.717, 1.165) is 12.0 Å². The minimum absolute atomic E-state index is 0.244. The molecule has 3 nitrogen and oxygen atoms in total. The summed E-state index contributed by atoms with van der Waals surface area (Å²) in [6.07, 6.45) is 0.478. The van der Waals surface area contributed by atoms with Crippen molar-refractivity contribution in [3.8, 4) is 11.5 Å². The number of para-hydroxylation sites is 1. The fourth-order valence-corrected chi connectivity index (χ4v) is 3.02. The maximum atomic E-state index is 10.7. The maximum absolute atomic E-state index is 10.7. The van der Waals surface area contributed by atoms with Crippen molar-refractivity contribution in [1.82, 2.24) is 0 Å². The smallest absolute Gasteiger partial charge is 0.166 e. The van der Waals surface area contributed by atoms with Crippen LogP contribution in [0.25, 0.3) is 0 Å². The van der Waals surface area contributed by atoms with Gasteiger partial charge in [0.05, 0.1) is 20.3 Å². The molecule has 3 atom stereocenters. The van der Waals surface area contributed by atoms with Gasteiger partial charge in [0.2, 0.25) is 0 Å². The molecular formula is C18H20O3. The predicted octanol–water partition coefficient (Wildman–Crippen LogP) is 3.54. The quantitative estimate of drug-likeness (QED) is 0.912. The van der Waals surface area contributed by atoms with Crippen molar-refractivity contribution in [2.24, 2.45) is 5.92 Å². The second-order valence-corrected chi connectivity index (χ2v) is 5.44. The van der Waals surface area contributed by atoms with Crippen LogP contribution in [0.5, 0.6) is 11.5 Å². The molecule has 0 amide bonds. The SMILES string of the molecule is COc1cccc(C(O)C2CC2c2ccccc2)c1OC. The number of benzene rings is 2. The Bertz CT molecular complexity index is 609. The van der Waals surface area contributed by atoms with Crippen LogP contribution in [0.1, 0.15) is 29.6 Å². The normalized spacial score (nSPS) is 21.7. The van der Waals surface area contributed by atoms with Gasteiger partial charge in [0.25, 0.3) is 0 Å². The first kappa shape index (κ1) is 14.0. The lowest BCUT2D eigenvalue weighted by atomic mass is 10.00. The van der Waals surface area contributed by atoms with E-state index < -0.39 is 6.10 Å². The van der Waals surface area contributed by atoms with Crippen LogP contribution in [0, 0.1) is 5.92 Å². The first-order chi connectivity index (χ1) is 10.3. The molecule has 1 N–H and O–H groups in total. The summed E-state index contributed by atoms with van der Waals surface area (Å²) in [4.78, 5) is 0. The van der Waals surface area contributed by atoms with Crippen LogP contribution in [-0.4, -0.2) is 19.3 Å². The Kier molecular flexibility index (Phi) is 3.84. The lowest BCUT2D eigenvalue weighted by Crippen LogP contribution is -2.05. The Balaban J connectivity index is 1.83. The first-order valence-electron chi connectivity index (χ1n) is 7.20. The standard InChI is InChI=1S/C18H20O3/c1-20-16-10-6-9-13(18(16)21-2)17(19)15-11-14(15)12-7-4-3-5-8-12/h3-10,14-15,17,19H,11H2,1-2H3. The molecule has 2 aromatic rings. The molecule has 0 saturated heterocycles. The average molecular weight is 284 g/mol. The van der Waals surface area contributed by atoms with E-state index in [4.69, 9.17) is 9.47 Å². The Morgan fingerprint density at radius 3 is 2.43 bits per heavy atom. The topological polar surface area (TPSA) is 38.7 Å². The zero-order valence-electron chi connectivity index (χ0n) is 12.3. The van der Waals surface area contributed by atoms with E-state index in [1.165, 1.54) is 5.56 Å². The van der Waals surface area contributed by atoms with Crippen LogP contribution in [-0.2, 0) is 0 Å². The predicted molar refractivity (Wildman–Crippen MR) is 81.8 cm³/mol. The molecule has 1 aliphatic carbocycles. The summed E-state index contributed by atoms with van der Waals surface area (Å²) in [6.45, 7) is 0. The lowest BCUT2D eigenvalue weighted by Gasteiger charge is -2.17. The molecule has 3 unspecified atom stereocenters. The monoisotopic (exact) mass is 284 g/mol. The van der Waals surface area contributed by atoms with Crippen molar-refractivity contribution in [2.75, 3.05) is 14.2 Å². The van der Waals surface area contributed by atoms with Gasteiger partial charge in [-0.2, -0.15) is 0 Å². The summed E-state index contributed by atoms with van der Waals surface area (Å²) in [6, 6.07) is 16.0. The third-order valence-corrected chi connectivity index (χ3v) is 4.23. The number of aliphatic hydroxyl groups is 1. The zero-order chi connectivity index (χ0) is 14.8. The maximum Gasteiger partial charge on any atom is 0.166 e. The minimum Gasteiger partial charge on any atom is -0.493 e. The van der Waals surface area contributed by atoms with Crippen molar-refractivity contribution in [1.29, 1.82) is 0 Å². The van der Waals surface area contributed by atoms with Gasteiger partial charge in [0, 0.05) is 5.56 Å². The van der Waals surface area contributed by atoms with Crippen LogP contribution in [0.3, 0.4) is 0 Å². The Morgan fingerprint density at radius 2 is 1.76 bits per heavy atom. The fraction of sp³-hybridized carbons (Fsp3) is 0.333. The molecule has 0 radical (unpaired) electrons. The Morgan fingerprint density at radius 1 is 1.00 bits per heavy atom. The van der Waals surface area contributed by atoms with Crippen LogP contribution >= 0.6 is 0 Å². The molecule has 1 aliphatic rings. The number of hydrogen-bond acceptors (Lipinski definition) is 3. The molecule has 0 aliphatic heterocycles. The van der Waals surface area contributed by atoms with Gasteiger partial charge in [-0.25, -0.2) is 0 Å². The van der Waals surface area contributed by atoms with Crippen molar-refractivity contribution in [3.63, 3.8) is 0 Å². The van der Waals surface area contributed by atoms with Crippen molar-refractivity contribution in [3.05, 3.63) is 59.7 Å². The van der Waals surface area contributed by atoms with Crippen LogP contribution in [0.4, 0.5) is 0 Å². The van der Waals surface area contributed by atoms with Crippen LogP contribution < -0.4 is 9.47 Å². The van der Waals surface area contributed by atoms with Crippen molar-refractivity contribution >= 4 is 0 Å². The summed E-state index contributed by atoms with van der Waals surface area (Å²) in [5.41, 5.74) is 2.10. The highest BCUT2D eigenvalue weighted by atomic mass is 16.5. The van der Waals surface area contributed by atoms with Crippen molar-refractivity contribution in [2.45, 2.75) is 18.4 Å². The Hall–Kier alpha value is -2.00. The number of aliphatic hydroxyl groups excluding tert-OH is 1. The molecule has 2 aromatic carbocycles. The molecular weight excluding hydrogens is 264 g/mol. The number of hydrogen-bond donors (Lipinski definition) is 1. The number of ether oxygens (including phenoxy) is 2. The van der Waals surface area contributed by atoms with Crippen LogP contribution in [0.2, 0.25) is 0 Å². The highest BCUT2D eigenvalue weighted by molar-refractivity contribution is 5.48. The van der Waals surface area contributed by atoms with Gasteiger partial charge in [-0.3, -0.25) is 0 Å². The molecule has 21 heavy (non-hydrogen) atoms. The minimum atomic E-state index is -0.528. The van der Waals surface area contributed by atoms with E-state index >= 15 is 0 Å². The Labute approximate surface area is 125 Å². The zero-order valence-corrected chi connectivity index (χ0v) is 12.3. The van der Waals surface area contributed by atoms with Gasteiger partial charge < -0.3 is 14.6 Å². The molecule has 110 valence electrons. The molecule has 1 saturated carbocycles. The highest BCUT2D eigenvalue weighted by Crippen LogP contribution is 2.55. The summed E-state index contributed by atoms with van der Waals surface area (Å²) in [5.74, 6) is 1.96. The lowest BCUT2D eigenvalue weighted by molar-refractivity contribution is 0.146. The molecule has 0 aromatic heterocycles. The van der Waals surface area contributed by atoms with E-state index in [9.17, 15) is 5.11 Å². The molecule has 3 heteroatoms. The van der Waals surface area contributed by atoms with Gasteiger partial charge >= 0.3 is 0 Å². The molecule has 0 spiro atoms. The van der Waals surface area contributed by atoms with Gasteiger partial charge in [-0.1, -0.05) is 42.5 Å². The molecule has 1 fully saturated rings. The molecule has 0 bridgehead atoms. The first-order valence-corrected chi connectivity index (χ1v) is 7.20. The van der Waals surface area contributed by atoms with Crippen molar-refractivity contribution < 1.29 is 14.6 Å². The highest BCUT2D eigenvalue weighted by Gasteiger charge is 2.44. The third-order valence-electron chi connectivity index (χ3n) is 4.23. The largest absolute Gasteiger partial charge is 0.493 e. The van der Waals surface area contributed by atoms with Gasteiger partial charge in [-0.15, -0.1) is 0 Å². The number of rotatable bonds is 5. The van der Waals surface area contributed by atoms with Gasteiger partial charge in [0.1, 0.15) is 0 Å². The summed E-state index contributed by atoms with van der Waals surface area (Å²) < 4.78 is 10.7. The number of methoxy groups -OCH3 is 2. The van der Waals surface area contributed by atoms with Crippen LogP contribution in [0.15, 0.2) is 48.5 Å². The molecule has 0 heterocycles. The summed E-state index contributed by atoms with van der Waals surface area (Å²) in [5, 5.41) is 10.7. The second-order valence-electron chi connectivity index (χ2n) is 5.44. The van der Waals surface area contributed by atoms with Gasteiger partial charge in [-0.05, 0) is 29.9 Å². The van der Waals surface area contributed by atoms with E-state index in [0.29, 0.717) is 17.4 Å². The average Bonchev–Trinajstić information content (AvgIpc) is 3.34. The van der Waals surface area contributed by atoms with E-state index in [-0.39, 0.29) is 5.92 Å².